The van der Waals surface area contributed by atoms with Crippen LogP contribution in [0, 0.1) is 6.92 Å². The third-order valence-electron chi connectivity index (χ3n) is 4.66. The highest BCUT2D eigenvalue weighted by molar-refractivity contribution is 5.96. The molecule has 1 N–H and O–H groups in total. The first-order valence-corrected chi connectivity index (χ1v) is 8.73. The Hall–Kier alpha value is -2.13. The number of rotatable bonds is 5. The van der Waals surface area contributed by atoms with E-state index < -0.39 is 0 Å². The largest absolute Gasteiger partial charge is 0.375 e. The zero-order valence-electron chi connectivity index (χ0n) is 14.4. The molecule has 0 aromatic heterocycles. The molecule has 0 saturated carbocycles. The summed E-state index contributed by atoms with van der Waals surface area (Å²) < 4.78 is 5.80. The Morgan fingerprint density at radius 1 is 1.12 bits per heavy atom. The summed E-state index contributed by atoms with van der Waals surface area (Å²) in [5.41, 5.74) is 3.94. The summed E-state index contributed by atoms with van der Waals surface area (Å²) in [4.78, 5) is 12.5. The lowest BCUT2D eigenvalue weighted by Gasteiger charge is -2.13. The Labute approximate surface area is 144 Å². The number of benzene rings is 2. The van der Waals surface area contributed by atoms with Crippen LogP contribution in [0.4, 0.5) is 0 Å². The summed E-state index contributed by atoms with van der Waals surface area (Å²) in [6, 6.07) is 16.2. The van der Waals surface area contributed by atoms with Crippen LogP contribution >= 0.6 is 0 Å². The van der Waals surface area contributed by atoms with Crippen molar-refractivity contribution in [3.8, 4) is 11.1 Å². The molecule has 0 spiro atoms. The maximum Gasteiger partial charge on any atom is 0.251 e. The monoisotopic (exact) mass is 323 g/mol. The number of ether oxygens (including phenoxy) is 1. The first kappa shape index (κ1) is 16.7. The van der Waals surface area contributed by atoms with Gasteiger partial charge >= 0.3 is 0 Å². The molecule has 2 unspecified atom stereocenters. The van der Waals surface area contributed by atoms with Gasteiger partial charge in [-0.05, 0) is 55.9 Å². The van der Waals surface area contributed by atoms with Crippen LogP contribution in [0.25, 0.3) is 11.1 Å². The average Bonchev–Trinajstić information content (AvgIpc) is 3.01. The minimum absolute atomic E-state index is 0.00340. The van der Waals surface area contributed by atoms with Crippen molar-refractivity contribution >= 4 is 5.91 Å². The number of nitrogens with one attached hydrogen (secondary N) is 1. The number of aryl methyl sites for hydroxylation is 1. The SMILES string of the molecule is Cc1ccc(-c2ccccc2)cc1C(=O)NCCC1CCC(C)O1. The third kappa shape index (κ3) is 4.04. The molecule has 3 rings (SSSR count). The molecule has 2 aromatic rings. The van der Waals surface area contributed by atoms with E-state index >= 15 is 0 Å². The van der Waals surface area contributed by atoms with Gasteiger partial charge in [0.25, 0.3) is 5.91 Å². The van der Waals surface area contributed by atoms with Crippen molar-refractivity contribution in [2.75, 3.05) is 6.54 Å². The van der Waals surface area contributed by atoms with E-state index in [1.54, 1.807) is 0 Å². The van der Waals surface area contributed by atoms with Crippen molar-refractivity contribution in [1.29, 1.82) is 0 Å². The summed E-state index contributed by atoms with van der Waals surface area (Å²) in [6.07, 6.45) is 3.75. The van der Waals surface area contributed by atoms with E-state index in [4.69, 9.17) is 4.74 Å². The summed E-state index contributed by atoms with van der Waals surface area (Å²) in [5, 5.41) is 3.04. The smallest absolute Gasteiger partial charge is 0.251 e. The highest BCUT2D eigenvalue weighted by Crippen LogP contribution is 2.23. The van der Waals surface area contributed by atoms with Gasteiger partial charge in [0.05, 0.1) is 12.2 Å². The summed E-state index contributed by atoms with van der Waals surface area (Å²) in [5.74, 6) is -0.00340. The van der Waals surface area contributed by atoms with Crippen LogP contribution in [-0.2, 0) is 4.74 Å². The Morgan fingerprint density at radius 2 is 1.92 bits per heavy atom. The molecule has 0 aliphatic carbocycles. The second-order valence-corrected chi connectivity index (χ2v) is 6.59. The predicted molar refractivity (Wildman–Crippen MR) is 97.1 cm³/mol. The third-order valence-corrected chi connectivity index (χ3v) is 4.66. The van der Waals surface area contributed by atoms with Gasteiger partial charge in [0.1, 0.15) is 0 Å². The zero-order chi connectivity index (χ0) is 16.9. The molecule has 1 fully saturated rings. The molecule has 3 nitrogen and oxygen atoms in total. The molecule has 1 aliphatic heterocycles. The van der Waals surface area contributed by atoms with Gasteiger partial charge in [0, 0.05) is 12.1 Å². The Morgan fingerprint density at radius 3 is 2.62 bits per heavy atom. The van der Waals surface area contributed by atoms with Crippen LogP contribution in [0.15, 0.2) is 48.5 Å². The second-order valence-electron chi connectivity index (χ2n) is 6.59. The fourth-order valence-corrected chi connectivity index (χ4v) is 3.22. The molecule has 1 aliphatic rings. The molecular formula is C21H25NO2. The quantitative estimate of drug-likeness (QED) is 0.888. The van der Waals surface area contributed by atoms with E-state index in [0.717, 1.165) is 41.5 Å². The van der Waals surface area contributed by atoms with Gasteiger partial charge in [-0.25, -0.2) is 0 Å². The van der Waals surface area contributed by atoms with Crippen molar-refractivity contribution in [2.24, 2.45) is 0 Å². The minimum atomic E-state index is -0.00340. The Bertz CT molecular complexity index is 696. The number of amides is 1. The first-order chi connectivity index (χ1) is 11.6. The molecule has 0 bridgehead atoms. The van der Waals surface area contributed by atoms with Crippen LogP contribution in [0.1, 0.15) is 42.1 Å². The van der Waals surface area contributed by atoms with Crippen LogP contribution in [0.5, 0.6) is 0 Å². The van der Waals surface area contributed by atoms with Crippen molar-refractivity contribution in [3.63, 3.8) is 0 Å². The summed E-state index contributed by atoms with van der Waals surface area (Å²) >= 11 is 0. The maximum absolute atomic E-state index is 12.5. The van der Waals surface area contributed by atoms with Crippen molar-refractivity contribution in [3.05, 3.63) is 59.7 Å². The topological polar surface area (TPSA) is 38.3 Å². The fraction of sp³-hybridized carbons (Fsp3) is 0.381. The maximum atomic E-state index is 12.5. The van der Waals surface area contributed by atoms with E-state index in [1.165, 1.54) is 0 Å². The van der Waals surface area contributed by atoms with Crippen LogP contribution in [0.2, 0.25) is 0 Å². The number of hydrogen-bond donors (Lipinski definition) is 1. The first-order valence-electron chi connectivity index (χ1n) is 8.73. The van der Waals surface area contributed by atoms with Gasteiger partial charge < -0.3 is 10.1 Å². The van der Waals surface area contributed by atoms with Crippen molar-refractivity contribution < 1.29 is 9.53 Å². The van der Waals surface area contributed by atoms with Crippen molar-refractivity contribution in [2.45, 2.75) is 45.3 Å². The lowest BCUT2D eigenvalue weighted by molar-refractivity contribution is 0.0508. The van der Waals surface area contributed by atoms with Gasteiger partial charge in [-0.3, -0.25) is 4.79 Å². The molecule has 0 radical (unpaired) electrons. The van der Waals surface area contributed by atoms with E-state index in [0.29, 0.717) is 12.6 Å². The minimum Gasteiger partial charge on any atom is -0.375 e. The highest BCUT2D eigenvalue weighted by atomic mass is 16.5. The molecule has 126 valence electrons. The van der Waals surface area contributed by atoms with E-state index in [-0.39, 0.29) is 12.0 Å². The fourth-order valence-electron chi connectivity index (χ4n) is 3.22. The standard InChI is InChI=1S/C21H25NO2/c1-15-8-10-18(17-6-4-3-5-7-17)14-20(15)21(23)22-13-12-19-11-9-16(2)24-19/h3-8,10,14,16,19H,9,11-13H2,1-2H3,(H,22,23). The summed E-state index contributed by atoms with van der Waals surface area (Å²) in [6.45, 7) is 4.74. The van der Waals surface area contributed by atoms with Gasteiger partial charge in [-0.2, -0.15) is 0 Å². The molecule has 1 amide bonds. The predicted octanol–water partition coefficient (Wildman–Crippen LogP) is 4.35. The van der Waals surface area contributed by atoms with Gasteiger partial charge in [-0.15, -0.1) is 0 Å². The summed E-state index contributed by atoms with van der Waals surface area (Å²) in [7, 11) is 0. The van der Waals surface area contributed by atoms with Gasteiger partial charge in [0.2, 0.25) is 0 Å². The molecule has 24 heavy (non-hydrogen) atoms. The Balaban J connectivity index is 1.64. The molecule has 2 atom stereocenters. The van der Waals surface area contributed by atoms with E-state index in [1.807, 2.05) is 37.3 Å². The Kier molecular flexibility index (Phi) is 5.31. The van der Waals surface area contributed by atoms with E-state index in [2.05, 4.69) is 30.4 Å². The zero-order valence-corrected chi connectivity index (χ0v) is 14.4. The van der Waals surface area contributed by atoms with E-state index in [9.17, 15) is 4.79 Å². The molecule has 3 heteroatoms. The molecule has 2 aromatic carbocycles. The highest BCUT2D eigenvalue weighted by Gasteiger charge is 2.21. The lowest BCUT2D eigenvalue weighted by Crippen LogP contribution is -2.27. The van der Waals surface area contributed by atoms with Crippen LogP contribution < -0.4 is 5.32 Å². The molecular weight excluding hydrogens is 298 g/mol. The number of carbonyl (C=O) groups is 1. The molecule has 1 heterocycles. The number of carbonyl (C=O) groups excluding carboxylic acids is 1. The van der Waals surface area contributed by atoms with Crippen molar-refractivity contribution in [1.82, 2.24) is 5.32 Å². The number of hydrogen-bond acceptors (Lipinski definition) is 2. The van der Waals surface area contributed by atoms with Crippen LogP contribution in [0.3, 0.4) is 0 Å². The average molecular weight is 323 g/mol. The van der Waals surface area contributed by atoms with Gasteiger partial charge in [0.15, 0.2) is 0 Å². The second kappa shape index (κ2) is 7.63. The van der Waals surface area contributed by atoms with Crippen LogP contribution in [-0.4, -0.2) is 24.7 Å². The van der Waals surface area contributed by atoms with Gasteiger partial charge in [-0.1, -0.05) is 42.5 Å². The molecule has 1 saturated heterocycles. The lowest BCUT2D eigenvalue weighted by atomic mass is 9.99. The normalized spacial score (nSPS) is 20.1.